The maximum atomic E-state index is 13.0. The number of carbonyl (C=O) groups excluding carboxylic acids is 1. The van der Waals surface area contributed by atoms with Gasteiger partial charge in [-0.3, -0.25) is 4.79 Å². The van der Waals surface area contributed by atoms with Crippen LogP contribution in [0.3, 0.4) is 0 Å². The molecule has 31 heavy (non-hydrogen) atoms. The number of aromatic nitrogens is 2. The van der Waals surface area contributed by atoms with Crippen LogP contribution in [0.15, 0.2) is 53.7 Å². The van der Waals surface area contributed by atoms with Gasteiger partial charge in [-0.05, 0) is 43.5 Å². The molecule has 0 atom stereocenters. The lowest BCUT2D eigenvalue weighted by atomic mass is 10.1. The fraction of sp³-hybridized carbons (Fsp3) is 0.318. The standard InChI is InChI=1S/C22H24N4O4S/c1-30-19-12-6-5-11-18(19)23-20(27)15-31(28,29)22-24-17-10-4-3-9-16(17)21(25-22)26-13-7-2-8-14-26/h3-6,9-12H,2,7-8,13-15H2,1H3,(H,23,27). The van der Waals surface area contributed by atoms with Crippen LogP contribution in [0.4, 0.5) is 11.5 Å². The van der Waals surface area contributed by atoms with Crippen molar-refractivity contribution in [1.82, 2.24) is 9.97 Å². The average molecular weight is 441 g/mol. The summed E-state index contributed by atoms with van der Waals surface area (Å²) in [5.74, 6) is -0.389. The lowest BCUT2D eigenvalue weighted by Gasteiger charge is -2.28. The minimum absolute atomic E-state index is 0.332. The van der Waals surface area contributed by atoms with E-state index in [1.807, 2.05) is 12.1 Å². The summed E-state index contributed by atoms with van der Waals surface area (Å²) >= 11 is 0. The van der Waals surface area contributed by atoms with Gasteiger partial charge >= 0.3 is 0 Å². The highest BCUT2D eigenvalue weighted by atomic mass is 32.2. The van der Waals surface area contributed by atoms with Gasteiger partial charge in [0.15, 0.2) is 0 Å². The molecule has 1 aromatic heterocycles. The molecule has 0 spiro atoms. The fourth-order valence-corrected chi connectivity index (χ4v) is 4.71. The molecular formula is C22H24N4O4S. The number of ether oxygens (including phenoxy) is 1. The quantitative estimate of drug-likeness (QED) is 0.588. The molecule has 0 saturated carbocycles. The van der Waals surface area contributed by atoms with Crippen LogP contribution in [0.25, 0.3) is 10.9 Å². The number of rotatable bonds is 6. The monoisotopic (exact) mass is 440 g/mol. The summed E-state index contributed by atoms with van der Waals surface area (Å²) in [6.07, 6.45) is 3.21. The molecule has 1 aliphatic rings. The second kappa shape index (κ2) is 8.89. The molecule has 162 valence electrons. The van der Waals surface area contributed by atoms with E-state index >= 15 is 0 Å². The third kappa shape index (κ3) is 4.61. The lowest BCUT2D eigenvalue weighted by Crippen LogP contribution is -2.31. The predicted molar refractivity (Wildman–Crippen MR) is 119 cm³/mol. The van der Waals surface area contributed by atoms with Crippen LogP contribution in [-0.2, 0) is 14.6 Å². The first-order valence-corrected chi connectivity index (χ1v) is 11.8. The highest BCUT2D eigenvalue weighted by molar-refractivity contribution is 7.92. The summed E-state index contributed by atoms with van der Waals surface area (Å²) in [7, 11) is -2.57. The smallest absolute Gasteiger partial charge is 0.250 e. The van der Waals surface area contributed by atoms with E-state index in [2.05, 4.69) is 20.2 Å². The van der Waals surface area contributed by atoms with Gasteiger partial charge in [0.05, 0.1) is 18.3 Å². The van der Waals surface area contributed by atoms with Gasteiger partial charge in [-0.2, -0.15) is 0 Å². The third-order valence-electron chi connectivity index (χ3n) is 5.20. The number of nitrogens with zero attached hydrogens (tertiary/aromatic N) is 3. The first-order chi connectivity index (χ1) is 15.0. The Morgan fingerprint density at radius 3 is 2.52 bits per heavy atom. The molecule has 1 fully saturated rings. The number of fused-ring (bicyclic) bond motifs is 1. The number of amides is 1. The van der Waals surface area contributed by atoms with Crippen molar-refractivity contribution in [2.24, 2.45) is 0 Å². The molecule has 1 N–H and O–H groups in total. The Balaban J connectivity index is 1.64. The van der Waals surface area contributed by atoms with E-state index in [-0.39, 0.29) is 5.16 Å². The molecule has 9 heteroatoms. The van der Waals surface area contributed by atoms with Crippen LogP contribution in [0, 0.1) is 0 Å². The van der Waals surface area contributed by atoms with E-state index in [0.29, 0.717) is 22.8 Å². The molecule has 2 heterocycles. The van der Waals surface area contributed by atoms with Gasteiger partial charge < -0.3 is 15.0 Å². The molecule has 1 saturated heterocycles. The van der Waals surface area contributed by atoms with Crippen molar-refractivity contribution in [2.75, 3.05) is 36.2 Å². The van der Waals surface area contributed by atoms with Crippen LogP contribution >= 0.6 is 0 Å². The van der Waals surface area contributed by atoms with Gasteiger partial charge in [-0.25, -0.2) is 18.4 Å². The van der Waals surface area contributed by atoms with Crippen LogP contribution in [0.5, 0.6) is 5.75 Å². The number of piperidine rings is 1. The van der Waals surface area contributed by atoms with Crippen molar-refractivity contribution >= 4 is 38.2 Å². The Hall–Kier alpha value is -3.20. The number of benzene rings is 2. The topological polar surface area (TPSA) is 101 Å². The highest BCUT2D eigenvalue weighted by Crippen LogP contribution is 2.28. The number of anilines is 2. The summed E-state index contributed by atoms with van der Waals surface area (Å²) in [6.45, 7) is 1.63. The normalized spacial score (nSPS) is 14.4. The lowest BCUT2D eigenvalue weighted by molar-refractivity contribution is -0.113. The molecule has 0 aliphatic carbocycles. The van der Waals surface area contributed by atoms with Gasteiger partial charge in [-0.15, -0.1) is 0 Å². The molecule has 1 amide bonds. The highest BCUT2D eigenvalue weighted by Gasteiger charge is 2.26. The summed E-state index contributed by atoms with van der Waals surface area (Å²) in [5, 5.41) is 3.07. The number of sulfone groups is 1. The van der Waals surface area contributed by atoms with Gasteiger partial charge in [0, 0.05) is 18.5 Å². The minimum Gasteiger partial charge on any atom is -0.495 e. The first kappa shape index (κ1) is 21.0. The molecule has 0 radical (unpaired) electrons. The van der Waals surface area contributed by atoms with E-state index in [1.54, 1.807) is 36.4 Å². The second-order valence-corrected chi connectivity index (χ2v) is 9.29. The van der Waals surface area contributed by atoms with Crippen molar-refractivity contribution in [1.29, 1.82) is 0 Å². The zero-order chi connectivity index (χ0) is 21.8. The third-order valence-corrected chi connectivity index (χ3v) is 6.58. The first-order valence-electron chi connectivity index (χ1n) is 10.2. The van der Waals surface area contributed by atoms with E-state index in [1.165, 1.54) is 7.11 Å². The largest absolute Gasteiger partial charge is 0.495 e. The number of hydrogen-bond acceptors (Lipinski definition) is 7. The maximum absolute atomic E-state index is 13.0. The van der Waals surface area contributed by atoms with Crippen molar-refractivity contribution in [2.45, 2.75) is 24.4 Å². The van der Waals surface area contributed by atoms with Crippen molar-refractivity contribution in [3.05, 3.63) is 48.5 Å². The molecule has 1 aliphatic heterocycles. The van der Waals surface area contributed by atoms with Crippen LogP contribution < -0.4 is 15.0 Å². The zero-order valence-corrected chi connectivity index (χ0v) is 18.1. The summed E-state index contributed by atoms with van der Waals surface area (Å²) in [4.78, 5) is 23.3. The number of carbonyl (C=O) groups is 1. The molecular weight excluding hydrogens is 416 g/mol. The minimum atomic E-state index is -4.05. The average Bonchev–Trinajstić information content (AvgIpc) is 2.79. The zero-order valence-electron chi connectivity index (χ0n) is 17.2. The predicted octanol–water partition coefficient (Wildman–Crippen LogP) is 3.04. The van der Waals surface area contributed by atoms with E-state index in [4.69, 9.17) is 4.74 Å². The molecule has 0 unspecified atom stereocenters. The Morgan fingerprint density at radius 1 is 1.03 bits per heavy atom. The summed E-state index contributed by atoms with van der Waals surface area (Å²) < 4.78 is 31.3. The molecule has 0 bridgehead atoms. The van der Waals surface area contributed by atoms with Gasteiger partial charge in [0.25, 0.3) is 0 Å². The Bertz CT molecular complexity index is 1210. The van der Waals surface area contributed by atoms with Crippen LogP contribution in [0.2, 0.25) is 0 Å². The molecule has 4 rings (SSSR count). The Kier molecular flexibility index (Phi) is 6.03. The number of methoxy groups -OCH3 is 1. The van der Waals surface area contributed by atoms with Crippen LogP contribution in [-0.4, -0.2) is 50.2 Å². The molecule has 2 aromatic carbocycles. The van der Waals surface area contributed by atoms with E-state index in [9.17, 15) is 13.2 Å². The molecule has 8 nitrogen and oxygen atoms in total. The molecule has 3 aromatic rings. The maximum Gasteiger partial charge on any atom is 0.250 e. The Labute approximate surface area is 181 Å². The summed E-state index contributed by atoms with van der Waals surface area (Å²) in [6, 6.07) is 14.2. The fourth-order valence-electron chi connectivity index (χ4n) is 3.70. The van der Waals surface area contributed by atoms with Crippen molar-refractivity contribution in [3.8, 4) is 5.75 Å². The van der Waals surface area contributed by atoms with Gasteiger partial charge in [0.2, 0.25) is 20.9 Å². The van der Waals surface area contributed by atoms with Crippen molar-refractivity contribution < 1.29 is 17.9 Å². The van der Waals surface area contributed by atoms with Crippen LogP contribution in [0.1, 0.15) is 19.3 Å². The summed E-state index contributed by atoms with van der Waals surface area (Å²) in [5.41, 5.74) is 0.945. The van der Waals surface area contributed by atoms with Gasteiger partial charge in [-0.1, -0.05) is 24.3 Å². The number of nitrogens with one attached hydrogen (secondary N) is 1. The Morgan fingerprint density at radius 2 is 1.74 bits per heavy atom. The van der Waals surface area contributed by atoms with Gasteiger partial charge in [0.1, 0.15) is 17.3 Å². The number of hydrogen-bond donors (Lipinski definition) is 1. The second-order valence-electron chi connectivity index (χ2n) is 7.40. The van der Waals surface area contributed by atoms with Crippen molar-refractivity contribution in [3.63, 3.8) is 0 Å². The SMILES string of the molecule is COc1ccccc1NC(=O)CS(=O)(=O)c1nc(N2CCCCC2)c2ccccc2n1. The van der Waals surface area contributed by atoms with E-state index in [0.717, 1.165) is 37.7 Å². The van der Waals surface area contributed by atoms with E-state index < -0.39 is 21.5 Å². The number of para-hydroxylation sites is 3.